The molecule has 3 heterocycles. The van der Waals surface area contributed by atoms with E-state index in [0.717, 1.165) is 57.1 Å². The Bertz CT molecular complexity index is 1390. The number of fused-ring (bicyclic) bond motifs is 1. The van der Waals surface area contributed by atoms with E-state index < -0.39 is 17.2 Å². The summed E-state index contributed by atoms with van der Waals surface area (Å²) in [4.78, 5) is 45.1. The van der Waals surface area contributed by atoms with Crippen LogP contribution in [0.1, 0.15) is 23.9 Å². The van der Waals surface area contributed by atoms with E-state index in [0.29, 0.717) is 30.9 Å². The standard InChI is InChI=1S/C28H32FN5O4/c1-3-26(36)34-14-12-32(13-15-34)21-6-4-20(5-7-21)30-28(37)25-18-24(35)22-16-19(29)17-23(27(22)38-25)33-10-8-31(2)9-11-33/h4-7,16-18H,3,8-15H2,1-2H3,(H,30,37)/p+1. The van der Waals surface area contributed by atoms with Crippen molar-refractivity contribution in [2.24, 2.45) is 0 Å². The summed E-state index contributed by atoms with van der Waals surface area (Å²) in [5.74, 6) is -1.01. The number of quaternary nitrogens is 1. The molecule has 0 unspecified atom stereocenters. The number of nitrogens with zero attached hydrogens (tertiary/aromatic N) is 3. The number of amides is 2. The molecule has 10 heteroatoms. The van der Waals surface area contributed by atoms with Crippen molar-refractivity contribution in [3.63, 3.8) is 0 Å². The SMILES string of the molecule is CCC(=O)N1CC[NH+](c2ccc(NC(=O)c3cc(=O)c4cc(F)cc(N5CCN(C)CC5)c4o3)cc2)CC1. The second kappa shape index (κ2) is 10.9. The minimum atomic E-state index is -0.551. The Labute approximate surface area is 220 Å². The molecule has 2 aromatic carbocycles. The lowest BCUT2D eigenvalue weighted by Crippen LogP contribution is -3.10. The monoisotopic (exact) mass is 522 g/mol. The van der Waals surface area contributed by atoms with Gasteiger partial charge in [-0.3, -0.25) is 19.3 Å². The molecule has 0 bridgehead atoms. The Morgan fingerprint density at radius 2 is 1.68 bits per heavy atom. The van der Waals surface area contributed by atoms with E-state index >= 15 is 0 Å². The number of nitrogens with one attached hydrogen (secondary N) is 2. The summed E-state index contributed by atoms with van der Waals surface area (Å²) in [6.07, 6.45) is 0.523. The number of hydrogen-bond donors (Lipinski definition) is 2. The van der Waals surface area contributed by atoms with E-state index in [1.54, 1.807) is 0 Å². The number of rotatable bonds is 5. The zero-order valence-corrected chi connectivity index (χ0v) is 21.8. The van der Waals surface area contributed by atoms with E-state index in [1.807, 2.05) is 48.0 Å². The largest absolute Gasteiger partial charge is 0.448 e. The second-order valence-electron chi connectivity index (χ2n) is 9.94. The van der Waals surface area contributed by atoms with E-state index in [9.17, 15) is 18.8 Å². The van der Waals surface area contributed by atoms with Gasteiger partial charge in [-0.05, 0) is 25.2 Å². The van der Waals surface area contributed by atoms with Crippen LogP contribution in [0.4, 0.5) is 21.5 Å². The smallest absolute Gasteiger partial charge is 0.291 e. The van der Waals surface area contributed by atoms with Crippen LogP contribution in [0.2, 0.25) is 0 Å². The molecule has 2 fully saturated rings. The van der Waals surface area contributed by atoms with Gasteiger partial charge in [0.25, 0.3) is 5.91 Å². The van der Waals surface area contributed by atoms with Crippen LogP contribution in [-0.2, 0) is 4.79 Å². The topological polar surface area (TPSA) is 90.5 Å². The highest BCUT2D eigenvalue weighted by atomic mass is 19.1. The molecule has 3 aromatic rings. The molecule has 2 aliphatic rings. The predicted octanol–water partition coefficient (Wildman–Crippen LogP) is 1.70. The van der Waals surface area contributed by atoms with E-state index in [-0.39, 0.29) is 22.6 Å². The minimum absolute atomic E-state index is 0.114. The summed E-state index contributed by atoms with van der Waals surface area (Å²) in [7, 11) is 2.02. The van der Waals surface area contributed by atoms with Crippen molar-refractivity contribution in [1.29, 1.82) is 0 Å². The first-order chi connectivity index (χ1) is 18.3. The Kier molecular flexibility index (Phi) is 7.44. The molecular formula is C28H33FN5O4+. The van der Waals surface area contributed by atoms with Crippen molar-refractivity contribution in [3.8, 4) is 0 Å². The number of likely N-dealkylation sites (N-methyl/N-ethyl adjacent to an activating group) is 1. The molecule has 200 valence electrons. The lowest BCUT2D eigenvalue weighted by atomic mass is 10.1. The zero-order valence-electron chi connectivity index (χ0n) is 21.8. The fourth-order valence-electron chi connectivity index (χ4n) is 5.12. The molecule has 0 atom stereocenters. The fourth-order valence-corrected chi connectivity index (χ4v) is 5.12. The second-order valence-corrected chi connectivity index (χ2v) is 9.94. The lowest BCUT2D eigenvalue weighted by Gasteiger charge is -2.34. The normalized spacial score (nSPS) is 17.1. The summed E-state index contributed by atoms with van der Waals surface area (Å²) in [6, 6.07) is 11.2. The fraction of sp³-hybridized carbons (Fsp3) is 0.393. The van der Waals surface area contributed by atoms with Gasteiger partial charge in [-0.2, -0.15) is 0 Å². The summed E-state index contributed by atoms with van der Waals surface area (Å²) >= 11 is 0. The number of carbonyl (C=O) groups is 2. The highest BCUT2D eigenvalue weighted by Gasteiger charge is 2.25. The quantitative estimate of drug-likeness (QED) is 0.530. The Balaban J connectivity index is 1.32. The molecule has 2 aliphatic heterocycles. The summed E-state index contributed by atoms with van der Waals surface area (Å²) < 4.78 is 20.3. The number of carbonyl (C=O) groups excluding carboxylic acids is 2. The first-order valence-electron chi connectivity index (χ1n) is 13.1. The van der Waals surface area contributed by atoms with Gasteiger partial charge in [-0.15, -0.1) is 0 Å². The molecule has 2 saturated heterocycles. The first-order valence-corrected chi connectivity index (χ1v) is 13.1. The van der Waals surface area contributed by atoms with Crippen molar-refractivity contribution in [1.82, 2.24) is 9.80 Å². The van der Waals surface area contributed by atoms with E-state index in [4.69, 9.17) is 4.42 Å². The maximum Gasteiger partial charge on any atom is 0.291 e. The van der Waals surface area contributed by atoms with Gasteiger partial charge >= 0.3 is 0 Å². The Morgan fingerprint density at radius 3 is 2.34 bits per heavy atom. The molecule has 38 heavy (non-hydrogen) atoms. The number of anilines is 2. The van der Waals surface area contributed by atoms with E-state index in [1.165, 1.54) is 11.0 Å². The van der Waals surface area contributed by atoms with E-state index in [2.05, 4.69) is 10.2 Å². The van der Waals surface area contributed by atoms with Crippen molar-refractivity contribution >= 4 is 39.8 Å². The highest BCUT2D eigenvalue weighted by Crippen LogP contribution is 2.28. The predicted molar refractivity (Wildman–Crippen MR) is 144 cm³/mol. The average molecular weight is 523 g/mol. The minimum Gasteiger partial charge on any atom is -0.448 e. The van der Waals surface area contributed by atoms with Gasteiger partial charge < -0.3 is 24.4 Å². The maximum absolute atomic E-state index is 14.4. The number of hydrogen-bond acceptors (Lipinski definition) is 6. The average Bonchev–Trinajstić information content (AvgIpc) is 2.93. The van der Waals surface area contributed by atoms with Crippen LogP contribution >= 0.6 is 0 Å². The van der Waals surface area contributed by atoms with Crippen molar-refractivity contribution < 1.29 is 23.3 Å². The molecule has 0 saturated carbocycles. The molecule has 0 aliphatic carbocycles. The maximum atomic E-state index is 14.4. The van der Waals surface area contributed by atoms with Gasteiger partial charge in [0.2, 0.25) is 5.91 Å². The van der Waals surface area contributed by atoms with Crippen molar-refractivity contribution in [2.45, 2.75) is 13.3 Å². The van der Waals surface area contributed by atoms with Crippen LogP contribution in [0.5, 0.6) is 0 Å². The Hall–Kier alpha value is -3.76. The molecule has 0 spiro atoms. The molecule has 9 nitrogen and oxygen atoms in total. The summed E-state index contributed by atoms with van der Waals surface area (Å²) in [5.41, 5.74) is 1.88. The number of halogens is 1. The molecule has 2 amide bonds. The zero-order chi connectivity index (χ0) is 26.8. The van der Waals surface area contributed by atoms with Crippen molar-refractivity contribution in [3.05, 3.63) is 64.3 Å². The molecule has 2 N–H and O–H groups in total. The van der Waals surface area contributed by atoms with Crippen molar-refractivity contribution in [2.75, 3.05) is 69.6 Å². The van der Waals surface area contributed by atoms with Crippen LogP contribution in [-0.4, -0.2) is 81.0 Å². The van der Waals surface area contributed by atoms with Gasteiger partial charge in [0.05, 0.1) is 37.3 Å². The van der Waals surface area contributed by atoms with Crippen LogP contribution in [0.3, 0.4) is 0 Å². The highest BCUT2D eigenvalue weighted by molar-refractivity contribution is 6.03. The van der Waals surface area contributed by atoms with Crippen LogP contribution in [0.15, 0.2) is 51.7 Å². The van der Waals surface area contributed by atoms with Crippen LogP contribution < -0.4 is 20.5 Å². The van der Waals surface area contributed by atoms with Gasteiger partial charge in [0.1, 0.15) is 11.5 Å². The molecule has 0 radical (unpaired) electrons. The summed E-state index contributed by atoms with van der Waals surface area (Å²) in [5, 5.41) is 2.91. The van der Waals surface area contributed by atoms with Gasteiger partial charge in [-0.25, -0.2) is 4.39 Å². The third kappa shape index (κ3) is 5.41. The Morgan fingerprint density at radius 1 is 1.00 bits per heavy atom. The third-order valence-corrected chi connectivity index (χ3v) is 7.41. The van der Waals surface area contributed by atoms with Gasteiger partial charge in [0, 0.05) is 62.6 Å². The first kappa shape index (κ1) is 25.9. The molecule has 1 aromatic heterocycles. The molecule has 5 rings (SSSR count). The summed E-state index contributed by atoms with van der Waals surface area (Å²) in [6.45, 7) is 7.90. The number of piperazine rings is 2. The van der Waals surface area contributed by atoms with Crippen LogP contribution in [0, 0.1) is 5.82 Å². The number of benzene rings is 2. The molecular weight excluding hydrogens is 489 g/mol. The van der Waals surface area contributed by atoms with Gasteiger partial charge in [-0.1, -0.05) is 6.92 Å². The van der Waals surface area contributed by atoms with Crippen LogP contribution in [0.25, 0.3) is 11.0 Å². The lowest BCUT2D eigenvalue weighted by molar-refractivity contribution is -0.837. The third-order valence-electron chi connectivity index (χ3n) is 7.41. The van der Waals surface area contributed by atoms with Gasteiger partial charge in [0.15, 0.2) is 16.8 Å².